The summed E-state index contributed by atoms with van der Waals surface area (Å²) >= 11 is 5.54. The number of amides is 1. The Kier molecular flexibility index (Phi) is 3.36. The second kappa shape index (κ2) is 4.20. The van der Waals surface area contributed by atoms with Gasteiger partial charge in [-0.2, -0.15) is 0 Å². The number of halogens is 1. The van der Waals surface area contributed by atoms with Crippen LogP contribution in [0.5, 0.6) is 5.75 Å². The van der Waals surface area contributed by atoms with Crippen LogP contribution in [-0.4, -0.2) is 5.91 Å². The van der Waals surface area contributed by atoms with E-state index in [-0.39, 0.29) is 10.6 Å². The lowest BCUT2D eigenvalue weighted by Crippen LogP contribution is -2.20. The third-order valence-electron chi connectivity index (χ3n) is 1.42. The van der Waals surface area contributed by atoms with Crippen molar-refractivity contribution in [2.45, 2.75) is 0 Å². The first kappa shape index (κ1) is 12.0. The van der Waals surface area contributed by atoms with Crippen molar-refractivity contribution in [3.05, 3.63) is 28.8 Å². The molecule has 1 aromatic carbocycles. The molecule has 0 aliphatic carbocycles. The van der Waals surface area contributed by atoms with Crippen LogP contribution in [-0.2, 0) is 4.57 Å². The van der Waals surface area contributed by atoms with Crippen LogP contribution in [0.3, 0.4) is 0 Å². The highest BCUT2D eigenvalue weighted by Gasteiger charge is 2.11. The number of phosphoric ester groups is 1. The van der Waals surface area contributed by atoms with Gasteiger partial charge < -0.3 is 24.6 Å². The molecule has 0 saturated heterocycles. The molecule has 0 radical (unpaired) electrons. The maximum Gasteiger partial charge on any atom is 0.252 e. The minimum absolute atomic E-state index is 0.169. The van der Waals surface area contributed by atoms with Crippen LogP contribution in [0.2, 0.25) is 5.02 Å². The van der Waals surface area contributed by atoms with Crippen LogP contribution < -0.4 is 20.0 Å². The molecule has 1 rings (SSSR count). The molecule has 0 heterocycles. The van der Waals surface area contributed by atoms with E-state index >= 15 is 0 Å². The molecule has 2 N–H and O–H groups in total. The van der Waals surface area contributed by atoms with Crippen LogP contribution in [0.15, 0.2) is 18.2 Å². The SMILES string of the molecule is NC(=O)c1cc(Cl)ccc1OP(=O)([O-])[O-]. The molecule has 0 spiro atoms. The lowest BCUT2D eigenvalue weighted by molar-refractivity contribution is -0.333. The molecule has 1 amide bonds. The summed E-state index contributed by atoms with van der Waals surface area (Å²) in [6, 6.07) is 3.44. The molecule has 0 bridgehead atoms. The van der Waals surface area contributed by atoms with Crippen molar-refractivity contribution in [3.63, 3.8) is 0 Å². The normalized spacial score (nSPS) is 11.1. The number of benzene rings is 1. The first-order valence-electron chi connectivity index (χ1n) is 3.60. The van der Waals surface area contributed by atoms with Crippen LogP contribution >= 0.6 is 19.4 Å². The Morgan fingerprint density at radius 1 is 1.47 bits per heavy atom. The lowest BCUT2D eigenvalue weighted by atomic mass is 10.2. The maximum atomic E-state index is 10.8. The summed E-state index contributed by atoms with van der Waals surface area (Å²) < 4.78 is 14.4. The van der Waals surface area contributed by atoms with Gasteiger partial charge in [-0.3, -0.25) is 4.79 Å². The summed E-state index contributed by atoms with van der Waals surface area (Å²) in [7, 11) is -5.22. The number of rotatable bonds is 3. The third kappa shape index (κ3) is 3.53. The molecule has 0 saturated carbocycles. The van der Waals surface area contributed by atoms with Crippen molar-refractivity contribution in [2.24, 2.45) is 5.73 Å². The Bertz CT molecular complexity index is 443. The average Bonchev–Trinajstić information content (AvgIpc) is 2.05. The van der Waals surface area contributed by atoms with E-state index in [9.17, 15) is 19.1 Å². The molecule has 0 aromatic heterocycles. The first-order chi connectivity index (χ1) is 6.79. The molecule has 15 heavy (non-hydrogen) atoms. The van der Waals surface area contributed by atoms with E-state index in [0.29, 0.717) is 0 Å². The first-order valence-corrected chi connectivity index (χ1v) is 5.44. The zero-order valence-electron chi connectivity index (χ0n) is 7.18. The van der Waals surface area contributed by atoms with Crippen LogP contribution in [0.1, 0.15) is 10.4 Å². The predicted octanol–water partition coefficient (Wildman–Crippen LogP) is -0.354. The number of carbonyl (C=O) groups excluding carboxylic acids is 1. The highest BCUT2D eigenvalue weighted by molar-refractivity contribution is 7.43. The summed E-state index contributed by atoms with van der Waals surface area (Å²) in [5.41, 5.74) is 4.66. The van der Waals surface area contributed by atoms with Crippen molar-refractivity contribution in [1.29, 1.82) is 0 Å². The predicted molar refractivity (Wildman–Crippen MR) is 48.2 cm³/mol. The van der Waals surface area contributed by atoms with E-state index in [4.69, 9.17) is 17.3 Å². The van der Waals surface area contributed by atoms with E-state index in [1.165, 1.54) is 6.07 Å². The molecule has 0 fully saturated rings. The summed E-state index contributed by atoms with van der Waals surface area (Å²) in [6.07, 6.45) is 0. The second-order valence-electron chi connectivity index (χ2n) is 2.54. The average molecular weight is 250 g/mol. The number of nitrogens with two attached hydrogens (primary N) is 1. The van der Waals surface area contributed by atoms with Gasteiger partial charge in [-0.25, -0.2) is 0 Å². The van der Waals surface area contributed by atoms with E-state index in [2.05, 4.69) is 4.52 Å². The fraction of sp³-hybridized carbons (Fsp3) is 0. The summed E-state index contributed by atoms with van der Waals surface area (Å²) in [5, 5.41) is 0.169. The topological polar surface area (TPSA) is 116 Å². The van der Waals surface area contributed by atoms with Gasteiger partial charge in [0.2, 0.25) is 0 Å². The molecule has 0 atom stereocenters. The monoisotopic (exact) mass is 249 g/mol. The standard InChI is InChI=1S/C7H7ClNO5P/c8-4-1-2-6(14-15(11,12)13)5(3-4)7(9)10/h1-3H,(H2,9,10)(H2,11,12,13)/p-2. The lowest BCUT2D eigenvalue weighted by Gasteiger charge is -2.29. The van der Waals surface area contributed by atoms with Gasteiger partial charge in [0.25, 0.3) is 5.91 Å². The molecule has 6 nitrogen and oxygen atoms in total. The number of phosphoric acid groups is 1. The molecule has 8 heteroatoms. The number of hydrogen-bond acceptors (Lipinski definition) is 5. The fourth-order valence-corrected chi connectivity index (χ4v) is 1.47. The van der Waals surface area contributed by atoms with E-state index in [1.807, 2.05) is 0 Å². The van der Waals surface area contributed by atoms with Crippen molar-refractivity contribution >= 4 is 25.3 Å². The van der Waals surface area contributed by atoms with Crippen molar-refractivity contribution in [2.75, 3.05) is 0 Å². The second-order valence-corrected chi connectivity index (χ2v) is 4.06. The number of primary amides is 1. The van der Waals surface area contributed by atoms with E-state index in [0.717, 1.165) is 12.1 Å². The van der Waals surface area contributed by atoms with Crippen molar-refractivity contribution in [3.8, 4) is 5.75 Å². The Morgan fingerprint density at radius 3 is 2.53 bits per heavy atom. The molecule has 0 aliphatic heterocycles. The zero-order valence-corrected chi connectivity index (χ0v) is 8.83. The zero-order chi connectivity index (χ0) is 11.6. The van der Waals surface area contributed by atoms with Gasteiger partial charge in [-0.1, -0.05) is 11.6 Å². The summed E-state index contributed by atoms with van der Waals surface area (Å²) in [4.78, 5) is 31.5. The minimum Gasteiger partial charge on any atom is -0.780 e. The van der Waals surface area contributed by atoms with Gasteiger partial charge in [0, 0.05) is 5.02 Å². The molecule has 0 unspecified atom stereocenters. The Morgan fingerprint density at radius 2 is 2.07 bits per heavy atom. The quantitative estimate of drug-likeness (QED) is 0.735. The minimum atomic E-state index is -5.22. The summed E-state index contributed by atoms with van der Waals surface area (Å²) in [6.45, 7) is 0. The molecule has 1 aromatic rings. The maximum absolute atomic E-state index is 10.8. The van der Waals surface area contributed by atoms with E-state index in [1.54, 1.807) is 0 Å². The van der Waals surface area contributed by atoms with Gasteiger partial charge >= 0.3 is 0 Å². The Hall–Kier alpha value is -1.07. The van der Waals surface area contributed by atoms with Gasteiger partial charge in [0.1, 0.15) is 13.6 Å². The smallest absolute Gasteiger partial charge is 0.252 e. The van der Waals surface area contributed by atoms with Crippen molar-refractivity contribution in [1.82, 2.24) is 0 Å². The Balaban J connectivity index is 3.18. The fourth-order valence-electron chi connectivity index (χ4n) is 0.895. The largest absolute Gasteiger partial charge is 0.780 e. The van der Waals surface area contributed by atoms with Gasteiger partial charge in [0.05, 0.1) is 5.56 Å². The highest BCUT2D eigenvalue weighted by Crippen LogP contribution is 2.32. The highest BCUT2D eigenvalue weighted by atomic mass is 35.5. The molecular weight excluding hydrogens is 245 g/mol. The van der Waals surface area contributed by atoms with Crippen LogP contribution in [0, 0.1) is 0 Å². The number of carbonyl (C=O) groups is 1. The number of hydrogen-bond donors (Lipinski definition) is 1. The van der Waals surface area contributed by atoms with Crippen LogP contribution in [0.25, 0.3) is 0 Å². The third-order valence-corrected chi connectivity index (χ3v) is 2.07. The van der Waals surface area contributed by atoms with E-state index < -0.39 is 19.5 Å². The van der Waals surface area contributed by atoms with Crippen molar-refractivity contribution < 1.29 is 23.7 Å². The molecule has 0 aliphatic rings. The summed E-state index contributed by atoms with van der Waals surface area (Å²) in [5.74, 6) is -1.37. The molecular formula is C7H5ClNO5P-2. The van der Waals surface area contributed by atoms with Crippen LogP contribution in [0.4, 0.5) is 0 Å². The molecule has 82 valence electrons. The van der Waals surface area contributed by atoms with Gasteiger partial charge in [0.15, 0.2) is 0 Å². The Labute approximate surface area is 89.9 Å². The van der Waals surface area contributed by atoms with Gasteiger partial charge in [-0.05, 0) is 18.2 Å². The van der Waals surface area contributed by atoms with Gasteiger partial charge in [-0.15, -0.1) is 0 Å².